The number of benzene rings is 1. The van der Waals surface area contributed by atoms with Crippen LogP contribution < -0.4 is 0 Å². The molecule has 126 valence electrons. The first-order chi connectivity index (χ1) is 9.72. The van der Waals surface area contributed by atoms with E-state index >= 15 is 0 Å². The largest absolute Gasteiger partial charge is 0.460 e. The van der Waals surface area contributed by atoms with Gasteiger partial charge in [0.2, 0.25) is 0 Å². The zero-order valence-corrected chi connectivity index (χ0v) is 10.9. The molecule has 0 aliphatic heterocycles. The second kappa shape index (κ2) is 5.48. The fraction of sp³-hybridized carbons (Fsp3) is 0.455. The van der Waals surface area contributed by atoms with Crippen LogP contribution in [0.5, 0.6) is 0 Å². The van der Waals surface area contributed by atoms with E-state index in [0.29, 0.717) is 0 Å². The van der Waals surface area contributed by atoms with Crippen LogP contribution in [0.4, 0.5) is 39.5 Å². The maximum atomic E-state index is 13.6. The van der Waals surface area contributed by atoms with Crippen LogP contribution in [-0.4, -0.2) is 29.0 Å². The van der Waals surface area contributed by atoms with Crippen molar-refractivity contribution in [3.8, 4) is 0 Å². The third kappa shape index (κ3) is 2.62. The molecular weight excluding hydrogens is 355 g/mol. The highest BCUT2D eigenvalue weighted by Crippen LogP contribution is 2.54. The van der Waals surface area contributed by atoms with E-state index in [1.165, 1.54) is 0 Å². The van der Waals surface area contributed by atoms with E-state index in [1.807, 2.05) is 0 Å². The molecule has 1 atom stereocenters. The van der Waals surface area contributed by atoms with E-state index < -0.39 is 46.7 Å². The van der Waals surface area contributed by atoms with Crippen molar-refractivity contribution < 1.29 is 44.6 Å². The second-order valence-electron chi connectivity index (χ2n) is 4.26. The van der Waals surface area contributed by atoms with Crippen molar-refractivity contribution in [2.75, 3.05) is 5.88 Å². The standard InChI is InChI=1S/C11H6ClF9O/c12-4-8(22,6-2-1-5(13)3-7(6)14)9(15,16)10(17,18)11(19,20)21/h1-3,22H,4H2. The van der Waals surface area contributed by atoms with E-state index in [1.54, 1.807) is 0 Å². The third-order valence-electron chi connectivity index (χ3n) is 2.84. The topological polar surface area (TPSA) is 20.2 Å². The molecule has 0 aromatic heterocycles. The van der Waals surface area contributed by atoms with Crippen LogP contribution >= 0.6 is 11.6 Å². The summed E-state index contributed by atoms with van der Waals surface area (Å²) in [6.45, 7) is 0. The normalized spacial score (nSPS) is 16.5. The first kappa shape index (κ1) is 18.9. The lowest BCUT2D eigenvalue weighted by Gasteiger charge is -2.39. The van der Waals surface area contributed by atoms with Crippen LogP contribution in [0.2, 0.25) is 0 Å². The molecule has 1 aromatic carbocycles. The molecule has 1 unspecified atom stereocenters. The smallest absolute Gasteiger partial charge is 0.377 e. The minimum absolute atomic E-state index is 0.0747. The van der Waals surface area contributed by atoms with Gasteiger partial charge in [-0.2, -0.15) is 30.7 Å². The predicted molar refractivity (Wildman–Crippen MR) is 56.9 cm³/mol. The highest BCUT2D eigenvalue weighted by Gasteiger charge is 2.80. The van der Waals surface area contributed by atoms with Crippen LogP contribution in [0.3, 0.4) is 0 Å². The van der Waals surface area contributed by atoms with Crippen molar-refractivity contribution in [2.45, 2.75) is 23.6 Å². The summed E-state index contributed by atoms with van der Waals surface area (Å²) in [7, 11) is 0. The molecule has 0 heterocycles. The number of aliphatic hydroxyl groups is 1. The first-order valence-electron chi connectivity index (χ1n) is 5.28. The van der Waals surface area contributed by atoms with Crippen molar-refractivity contribution in [1.29, 1.82) is 0 Å². The van der Waals surface area contributed by atoms with Crippen LogP contribution in [0.1, 0.15) is 5.56 Å². The zero-order valence-electron chi connectivity index (χ0n) is 10.2. The van der Waals surface area contributed by atoms with Gasteiger partial charge in [0.05, 0.1) is 5.88 Å². The highest BCUT2D eigenvalue weighted by molar-refractivity contribution is 6.18. The highest BCUT2D eigenvalue weighted by atomic mass is 35.5. The van der Waals surface area contributed by atoms with Gasteiger partial charge in [-0.25, -0.2) is 8.78 Å². The van der Waals surface area contributed by atoms with Gasteiger partial charge in [-0.05, 0) is 6.07 Å². The Morgan fingerprint density at radius 2 is 1.41 bits per heavy atom. The lowest BCUT2D eigenvalue weighted by atomic mass is 9.84. The predicted octanol–water partition coefficient (Wildman–Crippen LogP) is 4.22. The molecule has 0 aliphatic rings. The summed E-state index contributed by atoms with van der Waals surface area (Å²) >= 11 is 4.90. The van der Waals surface area contributed by atoms with E-state index in [9.17, 15) is 44.6 Å². The average Bonchev–Trinajstić information content (AvgIpc) is 2.36. The average molecular weight is 361 g/mol. The lowest BCUT2D eigenvalue weighted by Crippen LogP contribution is -2.63. The number of rotatable bonds is 4. The van der Waals surface area contributed by atoms with Crippen LogP contribution in [-0.2, 0) is 5.60 Å². The maximum absolute atomic E-state index is 13.6. The summed E-state index contributed by atoms with van der Waals surface area (Å²) in [5, 5.41) is 9.57. The molecule has 0 bridgehead atoms. The summed E-state index contributed by atoms with van der Waals surface area (Å²) in [5.74, 6) is -18.1. The van der Waals surface area contributed by atoms with Gasteiger partial charge >= 0.3 is 18.0 Å². The minimum Gasteiger partial charge on any atom is -0.377 e. The summed E-state index contributed by atoms with van der Waals surface area (Å²) in [6.07, 6.45) is -6.74. The fourth-order valence-corrected chi connectivity index (χ4v) is 1.90. The molecule has 0 amide bonds. The Bertz CT molecular complexity index is 557. The molecule has 1 aromatic rings. The van der Waals surface area contributed by atoms with E-state index in [0.717, 1.165) is 0 Å². The van der Waals surface area contributed by atoms with Crippen molar-refractivity contribution >= 4 is 11.6 Å². The van der Waals surface area contributed by atoms with Gasteiger partial charge in [-0.1, -0.05) is 6.07 Å². The molecule has 0 saturated carbocycles. The number of hydrogen-bond acceptors (Lipinski definition) is 1. The maximum Gasteiger partial charge on any atom is 0.460 e. The van der Waals surface area contributed by atoms with E-state index in [-0.39, 0.29) is 18.2 Å². The first-order valence-corrected chi connectivity index (χ1v) is 5.82. The van der Waals surface area contributed by atoms with E-state index in [2.05, 4.69) is 0 Å². The quantitative estimate of drug-likeness (QED) is 0.629. The molecule has 0 fully saturated rings. The summed E-state index contributed by atoms with van der Waals surface area (Å²) in [6, 6.07) is 0.319. The van der Waals surface area contributed by atoms with Crippen LogP contribution in [0, 0.1) is 11.6 Å². The van der Waals surface area contributed by atoms with Crippen LogP contribution in [0.25, 0.3) is 0 Å². The van der Waals surface area contributed by atoms with Crippen molar-refractivity contribution in [1.82, 2.24) is 0 Å². The Balaban J connectivity index is 3.57. The molecule has 11 heteroatoms. The van der Waals surface area contributed by atoms with Crippen LogP contribution in [0.15, 0.2) is 18.2 Å². The summed E-state index contributed by atoms with van der Waals surface area (Å²) in [4.78, 5) is 0. The SMILES string of the molecule is OC(CCl)(c1ccc(F)cc1F)C(F)(F)C(F)(F)C(F)(F)F. The number of hydrogen-bond donors (Lipinski definition) is 1. The molecular formula is C11H6ClF9O. The fourth-order valence-electron chi connectivity index (χ4n) is 1.59. The third-order valence-corrected chi connectivity index (χ3v) is 3.23. The van der Waals surface area contributed by atoms with Crippen molar-refractivity contribution in [2.24, 2.45) is 0 Å². The van der Waals surface area contributed by atoms with E-state index in [4.69, 9.17) is 11.6 Å². The molecule has 0 saturated heterocycles. The molecule has 1 nitrogen and oxygen atoms in total. The van der Waals surface area contributed by atoms with Gasteiger partial charge in [0, 0.05) is 11.6 Å². The molecule has 0 radical (unpaired) electrons. The van der Waals surface area contributed by atoms with Gasteiger partial charge in [-0.3, -0.25) is 0 Å². The monoisotopic (exact) mass is 360 g/mol. The Hall–Kier alpha value is -1.16. The second-order valence-corrected chi connectivity index (χ2v) is 4.53. The molecule has 0 aliphatic carbocycles. The lowest BCUT2D eigenvalue weighted by molar-refractivity contribution is -0.388. The van der Waals surface area contributed by atoms with Gasteiger partial charge in [0.15, 0.2) is 5.60 Å². The summed E-state index contributed by atoms with van der Waals surface area (Å²) in [5.41, 5.74) is -6.12. The van der Waals surface area contributed by atoms with Gasteiger partial charge in [0.1, 0.15) is 11.6 Å². The molecule has 1 N–H and O–H groups in total. The Morgan fingerprint density at radius 3 is 1.77 bits per heavy atom. The van der Waals surface area contributed by atoms with Crippen molar-refractivity contribution in [3.05, 3.63) is 35.4 Å². The van der Waals surface area contributed by atoms with Gasteiger partial charge in [0.25, 0.3) is 0 Å². The zero-order chi connectivity index (χ0) is 17.6. The molecule has 0 spiro atoms. The Labute approximate surface area is 122 Å². The Morgan fingerprint density at radius 1 is 0.909 bits per heavy atom. The molecule has 1 rings (SSSR count). The minimum atomic E-state index is -6.74. The molecule has 22 heavy (non-hydrogen) atoms. The van der Waals surface area contributed by atoms with Gasteiger partial charge in [-0.15, -0.1) is 11.6 Å². The van der Waals surface area contributed by atoms with Crippen molar-refractivity contribution in [3.63, 3.8) is 0 Å². The summed E-state index contributed by atoms with van der Waals surface area (Å²) < 4.78 is 116. The van der Waals surface area contributed by atoms with Gasteiger partial charge < -0.3 is 5.11 Å². The number of alkyl halides is 8. The Kier molecular flexibility index (Phi) is 4.71. The number of halogens is 10.